The van der Waals surface area contributed by atoms with Gasteiger partial charge in [-0.25, -0.2) is 0 Å². The lowest BCUT2D eigenvalue weighted by Gasteiger charge is -2.02. The van der Waals surface area contributed by atoms with Crippen molar-refractivity contribution in [3.05, 3.63) is 29.6 Å². The molecule has 0 saturated heterocycles. The van der Waals surface area contributed by atoms with Crippen LogP contribution in [0.15, 0.2) is 18.3 Å². The van der Waals surface area contributed by atoms with Crippen LogP contribution < -0.4 is 5.32 Å². The summed E-state index contributed by atoms with van der Waals surface area (Å²) in [5.74, 6) is -0.369. The van der Waals surface area contributed by atoms with Gasteiger partial charge in [0.1, 0.15) is 5.69 Å². The molecule has 0 radical (unpaired) electrons. The first-order valence-corrected chi connectivity index (χ1v) is 4.00. The van der Waals surface area contributed by atoms with E-state index in [1.54, 1.807) is 18.3 Å². The monoisotopic (exact) mass is 194 g/mol. The number of carbonyl (C=O) groups is 2. The highest BCUT2D eigenvalue weighted by Crippen LogP contribution is 1.97. The highest BCUT2D eigenvalue weighted by molar-refractivity contribution is 5.92. The van der Waals surface area contributed by atoms with Gasteiger partial charge in [0.2, 0.25) is 0 Å². The van der Waals surface area contributed by atoms with Crippen LogP contribution in [0.4, 0.5) is 0 Å². The van der Waals surface area contributed by atoms with Crippen LogP contribution in [-0.4, -0.2) is 24.1 Å². The van der Waals surface area contributed by atoms with E-state index < -0.39 is 0 Å². The van der Waals surface area contributed by atoms with Gasteiger partial charge in [0.05, 0.1) is 0 Å². The van der Waals surface area contributed by atoms with Crippen LogP contribution in [0.1, 0.15) is 16.1 Å². The second kappa shape index (κ2) is 4.96. The highest BCUT2D eigenvalue weighted by Gasteiger charge is 2.04. The molecule has 0 saturated carbocycles. The van der Waals surface area contributed by atoms with Crippen molar-refractivity contribution in [2.75, 3.05) is 6.73 Å². The van der Waals surface area contributed by atoms with Crippen molar-refractivity contribution < 1.29 is 14.3 Å². The minimum atomic E-state index is -0.369. The van der Waals surface area contributed by atoms with Crippen molar-refractivity contribution in [3.8, 4) is 0 Å². The van der Waals surface area contributed by atoms with Crippen molar-refractivity contribution in [1.82, 2.24) is 10.3 Å². The van der Waals surface area contributed by atoms with Gasteiger partial charge in [-0.2, -0.15) is 0 Å². The summed E-state index contributed by atoms with van der Waals surface area (Å²) in [6.07, 6.45) is 1.59. The van der Waals surface area contributed by atoms with Crippen molar-refractivity contribution in [2.45, 2.75) is 6.92 Å². The van der Waals surface area contributed by atoms with Gasteiger partial charge in [0.15, 0.2) is 6.73 Å². The molecule has 14 heavy (non-hydrogen) atoms. The van der Waals surface area contributed by atoms with Crippen LogP contribution >= 0.6 is 0 Å². The van der Waals surface area contributed by atoms with Gasteiger partial charge in [-0.3, -0.25) is 14.6 Å². The molecular formula is C9H10N2O3. The molecule has 0 aliphatic carbocycles. The van der Waals surface area contributed by atoms with E-state index >= 15 is 0 Å². The number of nitrogens with one attached hydrogen (secondary N) is 1. The van der Waals surface area contributed by atoms with Gasteiger partial charge in [-0.15, -0.1) is 0 Å². The van der Waals surface area contributed by atoms with Crippen LogP contribution in [0.3, 0.4) is 0 Å². The molecule has 0 spiro atoms. The van der Waals surface area contributed by atoms with Crippen LogP contribution in [0.2, 0.25) is 0 Å². The Morgan fingerprint density at radius 1 is 1.64 bits per heavy atom. The molecule has 1 aromatic heterocycles. The summed E-state index contributed by atoms with van der Waals surface area (Å²) in [5.41, 5.74) is 1.27. The fourth-order valence-electron chi connectivity index (χ4n) is 0.834. The first-order valence-electron chi connectivity index (χ1n) is 4.00. The molecule has 0 aliphatic heterocycles. The van der Waals surface area contributed by atoms with Crippen molar-refractivity contribution in [3.63, 3.8) is 0 Å². The zero-order valence-electron chi connectivity index (χ0n) is 7.69. The molecule has 1 amide bonds. The molecule has 1 rings (SSSR count). The van der Waals surface area contributed by atoms with Gasteiger partial charge in [0, 0.05) is 6.20 Å². The Labute approximate surface area is 81.1 Å². The molecule has 0 atom stereocenters. The number of nitrogens with zero attached hydrogens (tertiary/aromatic N) is 1. The molecule has 1 heterocycles. The second-order valence-corrected chi connectivity index (χ2v) is 2.63. The van der Waals surface area contributed by atoms with Crippen LogP contribution in [0.25, 0.3) is 0 Å². The number of aryl methyl sites for hydroxylation is 1. The molecule has 5 nitrogen and oxygen atoms in total. The van der Waals surface area contributed by atoms with Crippen LogP contribution in [-0.2, 0) is 9.53 Å². The maximum atomic E-state index is 11.3. The quantitative estimate of drug-likeness (QED) is 0.424. The number of hydrogen-bond acceptors (Lipinski definition) is 4. The number of aromatic nitrogens is 1. The lowest BCUT2D eigenvalue weighted by atomic mass is 10.3. The first kappa shape index (κ1) is 10.2. The summed E-state index contributed by atoms with van der Waals surface area (Å²) in [4.78, 5) is 24.9. The summed E-state index contributed by atoms with van der Waals surface area (Å²) >= 11 is 0. The summed E-state index contributed by atoms with van der Waals surface area (Å²) < 4.78 is 4.31. The normalized spacial score (nSPS) is 9.21. The molecule has 0 unspecified atom stereocenters. The molecule has 0 aromatic carbocycles. The Hall–Kier alpha value is -1.91. The predicted octanol–water partition coefficient (Wildman–Crippen LogP) is 0.250. The average molecular weight is 194 g/mol. The Kier molecular flexibility index (Phi) is 3.60. The molecule has 0 fully saturated rings. The molecule has 74 valence electrons. The number of ether oxygens (including phenoxy) is 1. The topological polar surface area (TPSA) is 68.3 Å². The largest absolute Gasteiger partial charge is 0.447 e. The summed E-state index contributed by atoms with van der Waals surface area (Å²) in [5, 5.41) is 2.36. The van der Waals surface area contributed by atoms with Crippen LogP contribution in [0.5, 0.6) is 0 Å². The third kappa shape index (κ3) is 2.85. The van der Waals surface area contributed by atoms with E-state index in [2.05, 4.69) is 15.0 Å². The van der Waals surface area contributed by atoms with Crippen molar-refractivity contribution >= 4 is 12.4 Å². The molecule has 1 N–H and O–H groups in total. The molecule has 5 heteroatoms. The second-order valence-electron chi connectivity index (χ2n) is 2.63. The lowest BCUT2D eigenvalue weighted by molar-refractivity contribution is -0.129. The summed E-state index contributed by atoms with van der Waals surface area (Å²) in [6, 6.07) is 3.38. The maximum Gasteiger partial charge on any atom is 0.294 e. The Morgan fingerprint density at radius 2 is 2.43 bits per heavy atom. The number of rotatable bonds is 4. The minimum Gasteiger partial charge on any atom is -0.447 e. The van der Waals surface area contributed by atoms with E-state index in [0.717, 1.165) is 5.56 Å². The van der Waals surface area contributed by atoms with Gasteiger partial charge >= 0.3 is 0 Å². The molecule has 0 aliphatic rings. The standard InChI is InChI=1S/C9H10N2O3/c1-7-2-3-8(10-4-7)9(13)11-5-14-6-12/h2-4,6H,5H2,1H3,(H,11,13). The number of hydrogen-bond donors (Lipinski definition) is 1. The van der Waals surface area contributed by atoms with Crippen LogP contribution in [0, 0.1) is 6.92 Å². The predicted molar refractivity (Wildman–Crippen MR) is 48.5 cm³/mol. The Bertz CT molecular complexity index is 321. The lowest BCUT2D eigenvalue weighted by Crippen LogP contribution is -2.26. The number of carbonyl (C=O) groups excluding carboxylic acids is 2. The van der Waals surface area contributed by atoms with Gasteiger partial charge in [-0.1, -0.05) is 6.07 Å². The van der Waals surface area contributed by atoms with E-state index in [1.807, 2.05) is 6.92 Å². The van der Waals surface area contributed by atoms with Gasteiger partial charge < -0.3 is 10.1 Å². The summed E-state index contributed by atoms with van der Waals surface area (Å²) in [7, 11) is 0. The van der Waals surface area contributed by atoms with Gasteiger partial charge in [-0.05, 0) is 18.6 Å². The Balaban J connectivity index is 2.52. The van der Waals surface area contributed by atoms with E-state index in [4.69, 9.17) is 0 Å². The van der Waals surface area contributed by atoms with Gasteiger partial charge in [0.25, 0.3) is 12.4 Å². The third-order valence-electron chi connectivity index (χ3n) is 1.53. The smallest absolute Gasteiger partial charge is 0.294 e. The van der Waals surface area contributed by atoms with Crippen molar-refractivity contribution in [1.29, 1.82) is 0 Å². The van der Waals surface area contributed by atoms with E-state index in [-0.39, 0.29) is 19.1 Å². The van der Waals surface area contributed by atoms with Crippen molar-refractivity contribution in [2.24, 2.45) is 0 Å². The number of amides is 1. The maximum absolute atomic E-state index is 11.3. The fraction of sp³-hybridized carbons (Fsp3) is 0.222. The Morgan fingerprint density at radius 3 is 3.00 bits per heavy atom. The fourth-order valence-corrected chi connectivity index (χ4v) is 0.834. The average Bonchev–Trinajstić information content (AvgIpc) is 2.19. The SMILES string of the molecule is Cc1ccc(C(=O)NCOC=O)nc1. The number of pyridine rings is 1. The van der Waals surface area contributed by atoms with E-state index in [1.165, 1.54) is 0 Å². The van der Waals surface area contributed by atoms with E-state index in [0.29, 0.717) is 5.69 Å². The zero-order valence-corrected chi connectivity index (χ0v) is 7.69. The molecular weight excluding hydrogens is 184 g/mol. The summed E-state index contributed by atoms with van der Waals surface area (Å²) in [6.45, 7) is 2.00. The van der Waals surface area contributed by atoms with E-state index in [9.17, 15) is 9.59 Å². The zero-order chi connectivity index (χ0) is 10.4. The molecule has 0 bridgehead atoms. The highest BCUT2D eigenvalue weighted by atomic mass is 16.5. The molecule has 1 aromatic rings. The minimum absolute atomic E-state index is 0.141. The third-order valence-corrected chi connectivity index (χ3v) is 1.53. The first-order chi connectivity index (χ1) is 6.74.